The third-order valence-corrected chi connectivity index (χ3v) is 3.35. The van der Waals surface area contributed by atoms with Gasteiger partial charge in [0.25, 0.3) is 0 Å². The summed E-state index contributed by atoms with van der Waals surface area (Å²) in [5.41, 5.74) is 6.78. The number of allylic oxidation sites excluding steroid dienone is 2. The average molecular weight is 223 g/mol. The van der Waals surface area contributed by atoms with Crippen molar-refractivity contribution in [3.63, 3.8) is 0 Å². The molecule has 0 aromatic rings. The van der Waals surface area contributed by atoms with Gasteiger partial charge in [-0.25, -0.2) is 0 Å². The van der Waals surface area contributed by atoms with Gasteiger partial charge in [-0.2, -0.15) is 0 Å². The highest BCUT2D eigenvalue weighted by Crippen LogP contribution is 2.23. The van der Waals surface area contributed by atoms with Gasteiger partial charge in [-0.05, 0) is 51.0 Å². The molecule has 0 saturated carbocycles. The molecule has 2 heteroatoms. The highest BCUT2D eigenvalue weighted by atomic mass is 16.1. The van der Waals surface area contributed by atoms with Gasteiger partial charge < -0.3 is 5.73 Å². The van der Waals surface area contributed by atoms with Crippen LogP contribution in [0.15, 0.2) is 11.6 Å². The smallest absolute Gasteiger partial charge is 0.161 e. The number of hydrogen-bond acceptors (Lipinski definition) is 2. The van der Waals surface area contributed by atoms with Crippen molar-refractivity contribution < 1.29 is 4.79 Å². The molecule has 1 aliphatic carbocycles. The molecule has 0 radical (unpaired) electrons. The Bertz CT molecular complexity index is 255. The highest BCUT2D eigenvalue weighted by molar-refractivity contribution is 5.96. The molecular weight excluding hydrogens is 198 g/mol. The molecule has 0 aliphatic heterocycles. The van der Waals surface area contributed by atoms with Crippen molar-refractivity contribution in [2.75, 3.05) is 0 Å². The largest absolute Gasteiger partial charge is 0.328 e. The van der Waals surface area contributed by atoms with Crippen molar-refractivity contribution in [2.24, 2.45) is 11.7 Å². The van der Waals surface area contributed by atoms with E-state index in [9.17, 15) is 4.79 Å². The molecule has 2 N–H and O–H groups in total. The molecule has 2 unspecified atom stereocenters. The zero-order valence-electron chi connectivity index (χ0n) is 10.7. The Kier molecular flexibility index (Phi) is 5.75. The number of nitrogens with two attached hydrogens (primary N) is 1. The standard InChI is InChI=1S/C14H25NO/c1-11(7-6-8-12(2)15)14(16)13-9-4-3-5-10-13/h9,11-12H,3-8,10,15H2,1-2H3. The van der Waals surface area contributed by atoms with Crippen molar-refractivity contribution in [1.82, 2.24) is 0 Å². The maximum atomic E-state index is 12.1. The van der Waals surface area contributed by atoms with E-state index in [4.69, 9.17) is 5.73 Å². The Balaban J connectivity index is 2.32. The second-order valence-corrected chi connectivity index (χ2v) is 5.15. The molecule has 1 aliphatic rings. The average Bonchev–Trinajstić information content (AvgIpc) is 2.28. The van der Waals surface area contributed by atoms with E-state index >= 15 is 0 Å². The molecule has 0 heterocycles. The first kappa shape index (κ1) is 13.4. The van der Waals surface area contributed by atoms with Crippen molar-refractivity contribution in [1.29, 1.82) is 0 Å². The van der Waals surface area contributed by atoms with Crippen LogP contribution < -0.4 is 5.73 Å². The molecule has 0 aromatic heterocycles. The molecule has 2 nitrogen and oxygen atoms in total. The predicted molar refractivity (Wildman–Crippen MR) is 68.2 cm³/mol. The van der Waals surface area contributed by atoms with Gasteiger partial charge in [-0.15, -0.1) is 0 Å². The van der Waals surface area contributed by atoms with Gasteiger partial charge in [-0.3, -0.25) is 4.79 Å². The Morgan fingerprint density at radius 2 is 2.12 bits per heavy atom. The van der Waals surface area contributed by atoms with Crippen LogP contribution in [0.5, 0.6) is 0 Å². The summed E-state index contributed by atoms with van der Waals surface area (Å²) in [5, 5.41) is 0. The molecule has 0 amide bonds. The van der Waals surface area contributed by atoms with E-state index in [1.807, 2.05) is 6.92 Å². The lowest BCUT2D eigenvalue weighted by Gasteiger charge is -2.16. The van der Waals surface area contributed by atoms with Crippen molar-refractivity contribution in [2.45, 2.75) is 64.8 Å². The zero-order valence-corrected chi connectivity index (χ0v) is 10.7. The lowest BCUT2D eigenvalue weighted by molar-refractivity contribution is -0.119. The van der Waals surface area contributed by atoms with Crippen molar-refractivity contribution in [3.05, 3.63) is 11.6 Å². The predicted octanol–water partition coefficient (Wildman–Crippen LogP) is 3.21. The molecule has 0 spiro atoms. The van der Waals surface area contributed by atoms with Crippen LogP contribution in [0.4, 0.5) is 0 Å². The van der Waals surface area contributed by atoms with Crippen LogP contribution in [-0.4, -0.2) is 11.8 Å². The number of ketones is 1. The lowest BCUT2D eigenvalue weighted by Crippen LogP contribution is -2.18. The molecule has 16 heavy (non-hydrogen) atoms. The molecule has 0 bridgehead atoms. The first-order valence-electron chi connectivity index (χ1n) is 6.60. The normalized spacial score (nSPS) is 20.1. The topological polar surface area (TPSA) is 43.1 Å². The number of rotatable bonds is 6. The van der Waals surface area contributed by atoms with E-state index in [1.54, 1.807) is 0 Å². The van der Waals surface area contributed by atoms with Crippen LogP contribution in [-0.2, 0) is 4.79 Å². The molecule has 0 saturated heterocycles. The Morgan fingerprint density at radius 3 is 2.69 bits per heavy atom. The van der Waals surface area contributed by atoms with Gasteiger partial charge in [0.2, 0.25) is 0 Å². The van der Waals surface area contributed by atoms with Gasteiger partial charge in [0.1, 0.15) is 0 Å². The number of carbonyl (C=O) groups is 1. The summed E-state index contributed by atoms with van der Waals surface area (Å²) < 4.78 is 0. The van der Waals surface area contributed by atoms with Crippen molar-refractivity contribution in [3.8, 4) is 0 Å². The summed E-state index contributed by atoms with van der Waals surface area (Å²) >= 11 is 0. The summed E-state index contributed by atoms with van der Waals surface area (Å²) in [6, 6.07) is 0.260. The van der Waals surface area contributed by atoms with Crippen LogP contribution in [0.25, 0.3) is 0 Å². The van der Waals surface area contributed by atoms with Gasteiger partial charge in [-0.1, -0.05) is 19.4 Å². The van der Waals surface area contributed by atoms with Crippen molar-refractivity contribution >= 4 is 5.78 Å². The fourth-order valence-electron chi connectivity index (χ4n) is 2.26. The zero-order chi connectivity index (χ0) is 12.0. The van der Waals surface area contributed by atoms with E-state index in [2.05, 4.69) is 13.0 Å². The molecular formula is C14H25NO. The van der Waals surface area contributed by atoms with Crippen LogP contribution in [0.3, 0.4) is 0 Å². The Labute approximate surface area is 99.3 Å². The maximum absolute atomic E-state index is 12.1. The number of Topliss-reactive ketones (excluding diaryl/α,β-unsaturated/α-hetero) is 1. The first-order chi connectivity index (χ1) is 7.61. The summed E-state index contributed by atoms with van der Waals surface area (Å²) in [6.45, 7) is 4.08. The first-order valence-corrected chi connectivity index (χ1v) is 6.60. The Morgan fingerprint density at radius 1 is 1.38 bits per heavy atom. The van der Waals surface area contributed by atoms with Crippen LogP contribution >= 0.6 is 0 Å². The van der Waals surface area contributed by atoms with Gasteiger partial charge in [0, 0.05) is 12.0 Å². The molecule has 0 aromatic carbocycles. The van der Waals surface area contributed by atoms with E-state index in [1.165, 1.54) is 12.8 Å². The van der Waals surface area contributed by atoms with Crippen LogP contribution in [0.2, 0.25) is 0 Å². The summed E-state index contributed by atoms with van der Waals surface area (Å²) in [7, 11) is 0. The van der Waals surface area contributed by atoms with Gasteiger partial charge >= 0.3 is 0 Å². The van der Waals surface area contributed by atoms with Crippen LogP contribution in [0, 0.1) is 5.92 Å². The minimum atomic E-state index is 0.183. The number of carbonyl (C=O) groups excluding carboxylic acids is 1. The van der Waals surface area contributed by atoms with Crippen LogP contribution in [0.1, 0.15) is 58.8 Å². The third-order valence-electron chi connectivity index (χ3n) is 3.35. The third kappa shape index (κ3) is 4.48. The molecule has 1 rings (SSSR count). The summed E-state index contributed by atoms with van der Waals surface area (Å²) in [5.74, 6) is 0.562. The quantitative estimate of drug-likeness (QED) is 0.751. The van der Waals surface area contributed by atoms with E-state index in [0.717, 1.165) is 37.7 Å². The lowest BCUT2D eigenvalue weighted by atomic mass is 9.88. The van der Waals surface area contributed by atoms with E-state index < -0.39 is 0 Å². The molecule has 2 atom stereocenters. The minimum Gasteiger partial charge on any atom is -0.328 e. The highest BCUT2D eigenvalue weighted by Gasteiger charge is 2.18. The summed E-state index contributed by atoms with van der Waals surface area (Å²) in [6.07, 6.45) is 9.74. The second-order valence-electron chi connectivity index (χ2n) is 5.15. The number of hydrogen-bond donors (Lipinski definition) is 1. The maximum Gasteiger partial charge on any atom is 0.161 e. The van der Waals surface area contributed by atoms with Gasteiger partial charge in [0.05, 0.1) is 0 Å². The minimum absolute atomic E-state index is 0.183. The summed E-state index contributed by atoms with van der Waals surface area (Å²) in [4.78, 5) is 12.1. The molecule has 92 valence electrons. The second kappa shape index (κ2) is 6.85. The monoisotopic (exact) mass is 223 g/mol. The van der Waals surface area contributed by atoms with Gasteiger partial charge in [0.15, 0.2) is 5.78 Å². The fraction of sp³-hybridized carbons (Fsp3) is 0.786. The fourth-order valence-corrected chi connectivity index (χ4v) is 2.26. The van der Waals surface area contributed by atoms with E-state index in [0.29, 0.717) is 5.78 Å². The molecule has 0 fully saturated rings. The Hall–Kier alpha value is -0.630. The van der Waals surface area contributed by atoms with E-state index in [-0.39, 0.29) is 12.0 Å². The SMILES string of the molecule is CC(N)CCCC(C)C(=O)C1=CCCCC1.